The first kappa shape index (κ1) is 15.7. The Hall–Kier alpha value is -2.36. The minimum absolute atomic E-state index is 0.285. The minimum atomic E-state index is -6.00. The van der Waals surface area contributed by atoms with Gasteiger partial charge in [0.25, 0.3) is 0 Å². The summed E-state index contributed by atoms with van der Waals surface area (Å²) in [6.45, 7) is 0. The maximum absolute atomic E-state index is 9.75. The smallest absolute Gasteiger partial charge is 0.418 e. The Morgan fingerprint density at radius 2 is 1.05 bits per heavy atom. The molecule has 0 radical (unpaired) electrons. The highest BCUT2D eigenvalue weighted by Crippen LogP contribution is 2.25. The van der Waals surface area contributed by atoms with Crippen molar-refractivity contribution in [2.45, 2.75) is 6.04 Å². The van der Waals surface area contributed by atoms with Crippen LogP contribution in [0.4, 0.5) is 17.3 Å². The Kier molecular flexibility index (Phi) is 5.72. The summed E-state index contributed by atoms with van der Waals surface area (Å²) in [6.07, 6.45) is 0. The zero-order valence-electron chi connectivity index (χ0n) is 10.3. The molecule has 0 aliphatic carbocycles. The van der Waals surface area contributed by atoms with Gasteiger partial charge in [-0.1, -0.05) is 60.7 Å². The zero-order valence-corrected chi connectivity index (χ0v) is 10.3. The minimum Gasteiger partial charge on any atom is -0.418 e. The van der Waals surface area contributed by atoms with E-state index in [0.29, 0.717) is 0 Å². The third-order valence-corrected chi connectivity index (χ3v) is 2.35. The monoisotopic (exact) mass is 282 g/mol. The highest BCUT2D eigenvalue weighted by atomic mass is 19.5. The van der Waals surface area contributed by atoms with E-state index in [4.69, 9.17) is 5.39 Å². The second-order valence-electron chi connectivity index (χ2n) is 3.83. The lowest BCUT2D eigenvalue weighted by molar-refractivity contribution is 0.368. The van der Waals surface area contributed by atoms with Crippen LogP contribution in [0.25, 0.3) is 4.98 Å². The number of benzene rings is 2. The average Bonchev–Trinajstić information content (AvgIpc) is 2.40. The van der Waals surface area contributed by atoms with E-state index in [1.54, 1.807) is 0 Å². The van der Waals surface area contributed by atoms with Gasteiger partial charge in [-0.2, -0.15) is 0 Å². The standard InChI is InChI=1S/C13H11N2.BF4/c14-15-13(11-7-3-1-4-8-11)12-9-5-2-6-10-12;2-1(3,4)5/h1-10,13H;/q+1;-1. The fraction of sp³-hybridized carbons (Fsp3) is 0.0769. The third-order valence-electron chi connectivity index (χ3n) is 2.35. The lowest BCUT2D eigenvalue weighted by atomic mass is 10.00. The second-order valence-corrected chi connectivity index (χ2v) is 3.83. The summed E-state index contributed by atoms with van der Waals surface area (Å²) in [5, 5.41) is 9.06. The largest absolute Gasteiger partial charge is 0.673 e. The summed E-state index contributed by atoms with van der Waals surface area (Å²) in [7, 11) is -6.00. The molecule has 0 bridgehead atoms. The van der Waals surface area contributed by atoms with Crippen molar-refractivity contribution in [3.8, 4) is 0 Å². The molecule has 0 aliphatic rings. The molecule has 104 valence electrons. The molecule has 2 aromatic rings. The van der Waals surface area contributed by atoms with Gasteiger partial charge >= 0.3 is 13.3 Å². The Morgan fingerprint density at radius 1 is 0.750 bits per heavy atom. The van der Waals surface area contributed by atoms with Gasteiger partial charge in [-0.15, -0.1) is 0 Å². The molecule has 0 amide bonds. The number of hydrogen-bond donors (Lipinski definition) is 0. The highest BCUT2D eigenvalue weighted by Gasteiger charge is 2.24. The summed E-state index contributed by atoms with van der Waals surface area (Å²) >= 11 is 0. The van der Waals surface area contributed by atoms with Gasteiger partial charge < -0.3 is 17.3 Å². The van der Waals surface area contributed by atoms with Crippen LogP contribution in [-0.4, -0.2) is 7.25 Å². The molecule has 0 N–H and O–H groups in total. The van der Waals surface area contributed by atoms with Crippen molar-refractivity contribution < 1.29 is 17.3 Å². The van der Waals surface area contributed by atoms with Crippen LogP contribution in [-0.2, 0) is 0 Å². The Bertz CT molecular complexity index is 507. The lowest BCUT2D eigenvalue weighted by Crippen LogP contribution is -2.02. The van der Waals surface area contributed by atoms with Crippen molar-refractivity contribution in [1.29, 1.82) is 5.39 Å². The molecule has 0 saturated carbocycles. The molecule has 0 heterocycles. The number of nitrogens with zero attached hydrogens (tertiary/aromatic N) is 2. The van der Waals surface area contributed by atoms with Crippen LogP contribution in [0, 0.1) is 5.39 Å². The first-order valence-electron chi connectivity index (χ1n) is 5.73. The van der Waals surface area contributed by atoms with Crippen LogP contribution < -0.4 is 0 Å². The van der Waals surface area contributed by atoms with E-state index in [1.165, 1.54) is 0 Å². The van der Waals surface area contributed by atoms with Gasteiger partial charge in [0, 0.05) is 11.1 Å². The predicted molar refractivity (Wildman–Crippen MR) is 70.0 cm³/mol. The van der Waals surface area contributed by atoms with E-state index in [1.807, 2.05) is 60.7 Å². The summed E-state index contributed by atoms with van der Waals surface area (Å²) < 4.78 is 39.0. The van der Waals surface area contributed by atoms with Gasteiger partial charge in [0.15, 0.2) is 0 Å². The zero-order chi connectivity index (χ0) is 15.0. The molecule has 0 unspecified atom stereocenters. The fourth-order valence-corrected chi connectivity index (χ4v) is 1.60. The predicted octanol–water partition coefficient (Wildman–Crippen LogP) is 4.93. The molecule has 0 saturated heterocycles. The average molecular weight is 282 g/mol. The van der Waals surface area contributed by atoms with Gasteiger partial charge in [0.2, 0.25) is 5.39 Å². The van der Waals surface area contributed by atoms with Crippen molar-refractivity contribution in [1.82, 2.24) is 0 Å². The Labute approximate surface area is 113 Å². The molecule has 0 fully saturated rings. The van der Waals surface area contributed by atoms with Crippen molar-refractivity contribution in [3.63, 3.8) is 0 Å². The maximum atomic E-state index is 9.75. The van der Waals surface area contributed by atoms with Gasteiger partial charge in [0.05, 0.1) is 0 Å². The van der Waals surface area contributed by atoms with Gasteiger partial charge in [-0.3, -0.25) is 0 Å². The van der Waals surface area contributed by atoms with E-state index in [9.17, 15) is 17.3 Å². The molecule has 0 aromatic heterocycles. The normalized spacial score (nSPS) is 10.4. The van der Waals surface area contributed by atoms with Crippen LogP contribution in [0.2, 0.25) is 0 Å². The molecule has 7 heteroatoms. The molecule has 2 nitrogen and oxygen atoms in total. The maximum Gasteiger partial charge on any atom is 0.673 e. The van der Waals surface area contributed by atoms with Crippen molar-refractivity contribution >= 4 is 7.25 Å². The Morgan fingerprint density at radius 3 is 1.30 bits per heavy atom. The number of rotatable bonds is 2. The van der Waals surface area contributed by atoms with Gasteiger partial charge in [-0.05, 0) is 0 Å². The molecule has 0 spiro atoms. The topological polar surface area (TPSA) is 28.1 Å². The first-order valence-corrected chi connectivity index (χ1v) is 5.73. The quantitative estimate of drug-likeness (QED) is 0.436. The number of halogens is 4. The molecule has 0 aliphatic heterocycles. The molecule has 2 rings (SSSR count). The highest BCUT2D eigenvalue weighted by molar-refractivity contribution is 6.50. The van der Waals surface area contributed by atoms with Crippen LogP contribution in [0.3, 0.4) is 0 Å². The summed E-state index contributed by atoms with van der Waals surface area (Å²) in [5.74, 6) is 0. The van der Waals surface area contributed by atoms with Crippen LogP contribution in [0.15, 0.2) is 60.7 Å². The summed E-state index contributed by atoms with van der Waals surface area (Å²) in [4.78, 5) is 3.43. The molecule has 20 heavy (non-hydrogen) atoms. The number of hydrogen-bond acceptors (Lipinski definition) is 1. The summed E-state index contributed by atoms with van der Waals surface area (Å²) in [6, 6.07) is 19.2. The molecular weight excluding hydrogens is 271 g/mol. The van der Waals surface area contributed by atoms with Crippen molar-refractivity contribution in [3.05, 3.63) is 76.8 Å². The lowest BCUT2D eigenvalue weighted by Gasteiger charge is -1.99. The van der Waals surface area contributed by atoms with Gasteiger partial charge in [-0.25, -0.2) is 0 Å². The van der Waals surface area contributed by atoms with Crippen molar-refractivity contribution in [2.75, 3.05) is 0 Å². The SMILES string of the molecule is F[B-](F)(F)F.N#[N+]C(c1ccccc1)c1ccccc1. The first-order chi connectivity index (χ1) is 9.42. The Balaban J connectivity index is 0.000000347. The summed E-state index contributed by atoms with van der Waals surface area (Å²) in [5.41, 5.74) is 1.98. The molecule has 2 aromatic carbocycles. The number of diazo groups is 1. The van der Waals surface area contributed by atoms with Gasteiger partial charge in [0.1, 0.15) is 4.98 Å². The van der Waals surface area contributed by atoms with Crippen molar-refractivity contribution in [2.24, 2.45) is 0 Å². The van der Waals surface area contributed by atoms with E-state index >= 15 is 0 Å². The van der Waals surface area contributed by atoms with E-state index in [2.05, 4.69) is 4.98 Å². The van der Waals surface area contributed by atoms with Crippen LogP contribution in [0.5, 0.6) is 0 Å². The molecular formula is C13H11BF4N2. The second kappa shape index (κ2) is 7.29. The fourth-order valence-electron chi connectivity index (χ4n) is 1.60. The third kappa shape index (κ3) is 6.00. The van der Waals surface area contributed by atoms with E-state index in [0.717, 1.165) is 11.1 Å². The molecule has 0 atom stereocenters. The van der Waals surface area contributed by atoms with Crippen LogP contribution in [0.1, 0.15) is 17.2 Å². The van der Waals surface area contributed by atoms with E-state index in [-0.39, 0.29) is 6.04 Å². The van der Waals surface area contributed by atoms with E-state index < -0.39 is 7.25 Å². The van der Waals surface area contributed by atoms with Crippen LogP contribution >= 0.6 is 0 Å².